The third kappa shape index (κ3) is 2.77. The van der Waals surface area contributed by atoms with Gasteiger partial charge in [-0.25, -0.2) is 0 Å². The van der Waals surface area contributed by atoms with Crippen LogP contribution in [-0.2, 0) is 5.41 Å². The topological polar surface area (TPSA) is 17.1 Å². The van der Waals surface area contributed by atoms with Crippen molar-refractivity contribution in [1.82, 2.24) is 0 Å². The first-order valence-electron chi connectivity index (χ1n) is 7.89. The predicted octanol–water partition coefficient (Wildman–Crippen LogP) is 5.61. The van der Waals surface area contributed by atoms with Crippen molar-refractivity contribution in [3.8, 4) is 0 Å². The summed E-state index contributed by atoms with van der Waals surface area (Å²) in [5.74, 6) is -0.118. The summed E-state index contributed by atoms with van der Waals surface area (Å²) in [6.45, 7) is 2.11. The number of halogens is 1. The van der Waals surface area contributed by atoms with Gasteiger partial charge in [-0.3, -0.25) is 4.79 Å². The highest BCUT2D eigenvalue weighted by Gasteiger charge is 2.41. The van der Waals surface area contributed by atoms with Crippen molar-refractivity contribution in [2.75, 3.05) is 0 Å². The number of hydrogen-bond donors (Lipinski definition) is 0. The van der Waals surface area contributed by atoms with E-state index in [4.69, 9.17) is 11.6 Å². The highest BCUT2D eigenvalue weighted by molar-refractivity contribution is 6.31. The van der Waals surface area contributed by atoms with Gasteiger partial charge < -0.3 is 0 Å². The number of carbonyl (C=O) groups is 1. The van der Waals surface area contributed by atoms with Gasteiger partial charge in [0, 0.05) is 16.0 Å². The van der Waals surface area contributed by atoms with E-state index < -0.39 is 5.41 Å². The molecule has 0 saturated heterocycles. The molecule has 116 valence electrons. The first-order valence-corrected chi connectivity index (χ1v) is 8.27. The number of benzene rings is 2. The molecule has 3 rings (SSSR count). The van der Waals surface area contributed by atoms with E-state index in [9.17, 15) is 4.79 Å². The molecule has 0 heterocycles. The van der Waals surface area contributed by atoms with Gasteiger partial charge in [-0.1, -0.05) is 91.4 Å². The molecule has 23 heavy (non-hydrogen) atoms. The zero-order chi connectivity index (χ0) is 16.3. The lowest BCUT2D eigenvalue weighted by atomic mass is 9.64. The molecule has 0 amide bonds. The van der Waals surface area contributed by atoms with Crippen LogP contribution in [-0.4, -0.2) is 5.78 Å². The number of Topliss-reactive ketones (excluding diaryl/α,β-unsaturated/α-hetero) is 1. The summed E-state index contributed by atoms with van der Waals surface area (Å²) in [7, 11) is 0. The molecule has 0 fully saturated rings. The molecule has 0 radical (unpaired) electrons. The van der Waals surface area contributed by atoms with E-state index in [1.807, 2.05) is 72.8 Å². The minimum absolute atomic E-state index is 0.132. The Bertz CT molecular complexity index is 760. The van der Waals surface area contributed by atoms with Crippen LogP contribution in [0.25, 0.3) is 0 Å². The van der Waals surface area contributed by atoms with Crippen molar-refractivity contribution in [2.45, 2.75) is 18.8 Å². The largest absolute Gasteiger partial charge is 0.293 e. The number of ketones is 1. The molecule has 1 nitrogen and oxygen atoms in total. The Morgan fingerprint density at radius 1 is 1.04 bits per heavy atom. The predicted molar refractivity (Wildman–Crippen MR) is 96.0 cm³/mol. The summed E-state index contributed by atoms with van der Waals surface area (Å²) >= 11 is 6.47. The van der Waals surface area contributed by atoms with Crippen LogP contribution in [0.2, 0.25) is 5.02 Å². The van der Waals surface area contributed by atoms with Gasteiger partial charge in [-0.2, -0.15) is 0 Å². The van der Waals surface area contributed by atoms with Gasteiger partial charge in [0.15, 0.2) is 5.78 Å². The minimum atomic E-state index is -0.403. The molecule has 1 aliphatic carbocycles. The lowest BCUT2D eigenvalue weighted by molar-refractivity contribution is 0.0903. The third-order valence-corrected chi connectivity index (χ3v) is 4.99. The van der Waals surface area contributed by atoms with E-state index in [0.717, 1.165) is 17.5 Å². The van der Waals surface area contributed by atoms with Gasteiger partial charge in [0.05, 0.1) is 5.92 Å². The molecule has 0 spiro atoms. The van der Waals surface area contributed by atoms with Crippen LogP contribution in [0.3, 0.4) is 0 Å². The maximum absolute atomic E-state index is 13.1. The second-order valence-corrected chi connectivity index (χ2v) is 6.23. The van der Waals surface area contributed by atoms with Crippen LogP contribution >= 0.6 is 11.6 Å². The molecule has 0 aromatic heterocycles. The van der Waals surface area contributed by atoms with Gasteiger partial charge in [0.2, 0.25) is 0 Å². The SMILES string of the molecule is CCC1(c2ccccc2Cl)C=CC=CC1C(=O)c1ccccc1. The molecule has 2 aromatic rings. The summed E-state index contributed by atoms with van der Waals surface area (Å²) in [6, 6.07) is 17.3. The molecule has 2 unspecified atom stereocenters. The number of allylic oxidation sites excluding steroid dienone is 4. The number of hydrogen-bond acceptors (Lipinski definition) is 1. The van der Waals surface area contributed by atoms with Crippen LogP contribution in [0.4, 0.5) is 0 Å². The van der Waals surface area contributed by atoms with Crippen molar-refractivity contribution >= 4 is 17.4 Å². The smallest absolute Gasteiger partial charge is 0.170 e. The summed E-state index contributed by atoms with van der Waals surface area (Å²) in [4.78, 5) is 13.1. The summed E-state index contributed by atoms with van der Waals surface area (Å²) in [6.07, 6.45) is 8.90. The first kappa shape index (κ1) is 15.8. The molecule has 0 bridgehead atoms. The normalized spacial score (nSPS) is 23.0. The second-order valence-electron chi connectivity index (χ2n) is 5.83. The Balaban J connectivity index is 2.11. The van der Waals surface area contributed by atoms with E-state index >= 15 is 0 Å². The zero-order valence-electron chi connectivity index (χ0n) is 13.1. The molecule has 2 heteroatoms. The van der Waals surface area contributed by atoms with E-state index in [2.05, 4.69) is 13.0 Å². The fraction of sp³-hybridized carbons (Fsp3) is 0.190. The Morgan fingerprint density at radius 3 is 2.43 bits per heavy atom. The van der Waals surface area contributed by atoms with Crippen LogP contribution in [0.15, 0.2) is 78.9 Å². The van der Waals surface area contributed by atoms with Crippen molar-refractivity contribution in [1.29, 1.82) is 0 Å². The van der Waals surface area contributed by atoms with Crippen LogP contribution in [0.1, 0.15) is 29.3 Å². The van der Waals surface area contributed by atoms with Crippen molar-refractivity contribution in [2.24, 2.45) is 5.92 Å². The Hall–Kier alpha value is -2.12. The monoisotopic (exact) mass is 322 g/mol. The Morgan fingerprint density at radius 2 is 1.74 bits per heavy atom. The lowest BCUT2D eigenvalue weighted by Crippen LogP contribution is -2.38. The third-order valence-electron chi connectivity index (χ3n) is 4.66. The van der Waals surface area contributed by atoms with Crippen molar-refractivity contribution < 1.29 is 4.79 Å². The standard InChI is InChI=1S/C21H19ClO/c1-2-21(17-12-6-7-14-19(17)22)15-9-8-13-18(21)20(23)16-10-4-3-5-11-16/h3-15,18H,2H2,1H3. The molecule has 2 atom stereocenters. The summed E-state index contributed by atoms with van der Waals surface area (Å²) < 4.78 is 0. The average molecular weight is 323 g/mol. The van der Waals surface area contributed by atoms with Gasteiger partial charge in [-0.05, 0) is 18.1 Å². The van der Waals surface area contributed by atoms with Gasteiger partial charge in [0.1, 0.15) is 0 Å². The highest BCUT2D eigenvalue weighted by Crippen LogP contribution is 2.44. The minimum Gasteiger partial charge on any atom is -0.293 e. The highest BCUT2D eigenvalue weighted by atomic mass is 35.5. The first-order chi connectivity index (χ1) is 11.2. The summed E-state index contributed by atoms with van der Waals surface area (Å²) in [5.41, 5.74) is 1.35. The van der Waals surface area contributed by atoms with E-state index in [1.165, 1.54) is 0 Å². The van der Waals surface area contributed by atoms with Gasteiger partial charge in [0.25, 0.3) is 0 Å². The van der Waals surface area contributed by atoms with Crippen LogP contribution in [0, 0.1) is 5.92 Å². The lowest BCUT2D eigenvalue weighted by Gasteiger charge is -2.38. The summed E-state index contributed by atoms with van der Waals surface area (Å²) in [5, 5.41) is 0.708. The van der Waals surface area contributed by atoms with Gasteiger partial charge >= 0.3 is 0 Å². The fourth-order valence-corrected chi connectivity index (χ4v) is 3.72. The van der Waals surface area contributed by atoms with Crippen LogP contribution < -0.4 is 0 Å². The van der Waals surface area contributed by atoms with Crippen LogP contribution in [0.5, 0.6) is 0 Å². The Kier molecular flexibility index (Phi) is 4.49. The van der Waals surface area contributed by atoms with Crippen molar-refractivity contribution in [3.63, 3.8) is 0 Å². The number of rotatable bonds is 4. The average Bonchev–Trinajstić information content (AvgIpc) is 2.62. The molecular formula is C21H19ClO. The molecular weight excluding hydrogens is 304 g/mol. The Labute approximate surface area is 142 Å². The van der Waals surface area contributed by atoms with Crippen molar-refractivity contribution in [3.05, 3.63) is 95.1 Å². The molecule has 0 aliphatic heterocycles. The van der Waals surface area contributed by atoms with E-state index in [-0.39, 0.29) is 11.7 Å². The maximum Gasteiger partial charge on any atom is 0.170 e. The molecule has 0 N–H and O–H groups in total. The zero-order valence-corrected chi connectivity index (χ0v) is 13.8. The maximum atomic E-state index is 13.1. The fourth-order valence-electron chi connectivity index (χ4n) is 3.41. The molecule has 1 aliphatic rings. The quantitative estimate of drug-likeness (QED) is 0.668. The van der Waals surface area contributed by atoms with E-state index in [1.54, 1.807) is 0 Å². The molecule has 0 saturated carbocycles. The van der Waals surface area contributed by atoms with Gasteiger partial charge in [-0.15, -0.1) is 0 Å². The van der Waals surface area contributed by atoms with E-state index in [0.29, 0.717) is 5.02 Å². The molecule has 2 aromatic carbocycles. The number of carbonyl (C=O) groups excluding carboxylic acids is 1. The second kappa shape index (κ2) is 6.55.